The molecule has 0 amide bonds. The van der Waals surface area contributed by atoms with Crippen LogP contribution < -0.4 is 5.32 Å². The summed E-state index contributed by atoms with van der Waals surface area (Å²) in [5.74, 6) is 0. The van der Waals surface area contributed by atoms with Crippen molar-refractivity contribution >= 4 is 5.69 Å². The topological polar surface area (TPSA) is 45.2 Å². The summed E-state index contributed by atoms with van der Waals surface area (Å²) in [6.45, 7) is 6.73. The molecule has 14 heavy (non-hydrogen) atoms. The minimum absolute atomic E-state index is 0.718. The lowest BCUT2D eigenvalue weighted by molar-refractivity contribution is 0.0441. The summed E-state index contributed by atoms with van der Waals surface area (Å²) in [6, 6.07) is 0. The number of hydrogen-bond donors (Lipinski definition) is 2. The molecule has 1 aromatic heterocycles. The van der Waals surface area contributed by atoms with Crippen molar-refractivity contribution in [1.29, 1.82) is 0 Å². The van der Waals surface area contributed by atoms with Crippen LogP contribution in [0.15, 0.2) is 6.20 Å². The summed E-state index contributed by atoms with van der Waals surface area (Å²) >= 11 is 0. The van der Waals surface area contributed by atoms with E-state index in [1.54, 1.807) is 0 Å². The van der Waals surface area contributed by atoms with Gasteiger partial charge in [0.1, 0.15) is 5.60 Å². The first-order valence-corrected chi connectivity index (χ1v) is 4.95. The third-order valence-electron chi connectivity index (χ3n) is 3.01. The Labute approximate surface area is 84.2 Å². The van der Waals surface area contributed by atoms with E-state index in [0.717, 1.165) is 29.9 Å². The quantitative estimate of drug-likeness (QED) is 0.658. The highest BCUT2D eigenvalue weighted by Crippen LogP contribution is 2.35. The van der Waals surface area contributed by atoms with Crippen molar-refractivity contribution in [3.8, 4) is 0 Å². The Morgan fingerprint density at radius 3 is 2.93 bits per heavy atom. The highest BCUT2D eigenvalue weighted by molar-refractivity contribution is 5.60. The second-order valence-corrected chi connectivity index (χ2v) is 4.24. The van der Waals surface area contributed by atoms with Crippen molar-refractivity contribution in [1.82, 2.24) is 4.98 Å². The number of fused-ring (bicyclic) bond motifs is 1. The summed E-state index contributed by atoms with van der Waals surface area (Å²) in [5.41, 5.74) is 3.37. The number of aromatic nitrogens is 1. The fourth-order valence-corrected chi connectivity index (χ4v) is 1.87. The van der Waals surface area contributed by atoms with Gasteiger partial charge >= 0.3 is 0 Å². The van der Waals surface area contributed by atoms with E-state index in [1.165, 1.54) is 5.56 Å². The molecule has 1 aliphatic heterocycles. The van der Waals surface area contributed by atoms with Crippen LogP contribution >= 0.6 is 0 Å². The molecule has 1 aliphatic rings. The normalized spacial score (nSPS) is 25.4. The number of nitrogens with zero attached hydrogens (tertiary/aromatic N) is 1. The fraction of sp³-hybridized carbons (Fsp3) is 0.545. The SMILES string of the molecule is Cc1cnc2c(c1C)NCCC2(C)O. The van der Waals surface area contributed by atoms with Crippen molar-refractivity contribution in [2.75, 3.05) is 11.9 Å². The average Bonchev–Trinajstić information content (AvgIpc) is 2.11. The monoisotopic (exact) mass is 192 g/mol. The molecule has 0 aliphatic carbocycles. The van der Waals surface area contributed by atoms with E-state index in [2.05, 4.69) is 17.2 Å². The van der Waals surface area contributed by atoms with Crippen LogP contribution in [-0.4, -0.2) is 16.6 Å². The van der Waals surface area contributed by atoms with Gasteiger partial charge in [-0.25, -0.2) is 0 Å². The molecule has 0 radical (unpaired) electrons. The van der Waals surface area contributed by atoms with E-state index in [0.29, 0.717) is 0 Å². The van der Waals surface area contributed by atoms with Crippen molar-refractivity contribution in [2.24, 2.45) is 0 Å². The molecule has 2 rings (SSSR count). The first-order chi connectivity index (χ1) is 6.52. The minimum Gasteiger partial charge on any atom is -0.384 e. The van der Waals surface area contributed by atoms with Crippen LogP contribution in [0.2, 0.25) is 0 Å². The molecule has 0 spiro atoms. The smallest absolute Gasteiger partial charge is 0.107 e. The molecule has 3 heteroatoms. The van der Waals surface area contributed by atoms with Gasteiger partial charge in [0.25, 0.3) is 0 Å². The molecule has 1 unspecified atom stereocenters. The van der Waals surface area contributed by atoms with Gasteiger partial charge in [0, 0.05) is 12.7 Å². The predicted octanol–water partition coefficient (Wildman–Crippen LogP) is 1.72. The van der Waals surface area contributed by atoms with Crippen LogP contribution in [0.5, 0.6) is 0 Å². The van der Waals surface area contributed by atoms with Crippen LogP contribution in [0.1, 0.15) is 30.2 Å². The van der Waals surface area contributed by atoms with E-state index in [9.17, 15) is 5.11 Å². The van der Waals surface area contributed by atoms with Crippen LogP contribution in [0.3, 0.4) is 0 Å². The maximum Gasteiger partial charge on any atom is 0.107 e. The summed E-state index contributed by atoms with van der Waals surface area (Å²) in [5, 5.41) is 13.4. The molecule has 76 valence electrons. The number of rotatable bonds is 0. The first kappa shape index (κ1) is 9.46. The Kier molecular flexibility index (Phi) is 2.00. The van der Waals surface area contributed by atoms with Gasteiger partial charge in [0.15, 0.2) is 0 Å². The van der Waals surface area contributed by atoms with Gasteiger partial charge in [-0.15, -0.1) is 0 Å². The Morgan fingerprint density at radius 2 is 2.21 bits per heavy atom. The van der Waals surface area contributed by atoms with E-state index < -0.39 is 5.60 Å². The molecule has 0 fully saturated rings. The third-order valence-corrected chi connectivity index (χ3v) is 3.01. The molecule has 1 atom stereocenters. The predicted molar refractivity (Wildman–Crippen MR) is 56.4 cm³/mol. The number of hydrogen-bond acceptors (Lipinski definition) is 3. The molecule has 0 bridgehead atoms. The summed E-state index contributed by atoms with van der Waals surface area (Å²) in [7, 11) is 0. The minimum atomic E-state index is -0.779. The number of aryl methyl sites for hydroxylation is 1. The molecule has 0 aromatic carbocycles. The second kappa shape index (κ2) is 2.95. The zero-order valence-electron chi connectivity index (χ0n) is 8.89. The third kappa shape index (κ3) is 1.28. The summed E-state index contributed by atoms with van der Waals surface area (Å²) in [6.07, 6.45) is 2.55. The van der Waals surface area contributed by atoms with Crippen LogP contribution in [-0.2, 0) is 5.60 Å². The van der Waals surface area contributed by atoms with Crippen molar-refractivity contribution in [2.45, 2.75) is 32.8 Å². The maximum atomic E-state index is 10.1. The van der Waals surface area contributed by atoms with E-state index >= 15 is 0 Å². The lowest BCUT2D eigenvalue weighted by Gasteiger charge is -2.32. The standard InChI is InChI=1S/C11H16N2O/c1-7-6-13-10-9(8(7)2)12-5-4-11(10,3)14/h6,12,14H,4-5H2,1-3H3. The van der Waals surface area contributed by atoms with Crippen molar-refractivity contribution < 1.29 is 5.11 Å². The lowest BCUT2D eigenvalue weighted by Crippen LogP contribution is -2.32. The van der Waals surface area contributed by atoms with Crippen LogP contribution in [0.4, 0.5) is 5.69 Å². The molecular weight excluding hydrogens is 176 g/mol. The van der Waals surface area contributed by atoms with E-state index in [-0.39, 0.29) is 0 Å². The molecule has 0 saturated heterocycles. The summed E-state index contributed by atoms with van der Waals surface area (Å²) < 4.78 is 0. The lowest BCUT2D eigenvalue weighted by atomic mass is 9.90. The highest BCUT2D eigenvalue weighted by atomic mass is 16.3. The van der Waals surface area contributed by atoms with Crippen LogP contribution in [0, 0.1) is 13.8 Å². The van der Waals surface area contributed by atoms with Gasteiger partial charge in [-0.05, 0) is 38.3 Å². The van der Waals surface area contributed by atoms with Gasteiger partial charge < -0.3 is 10.4 Å². The molecule has 3 nitrogen and oxygen atoms in total. The van der Waals surface area contributed by atoms with Crippen molar-refractivity contribution in [3.05, 3.63) is 23.0 Å². The average molecular weight is 192 g/mol. The van der Waals surface area contributed by atoms with Crippen LogP contribution in [0.25, 0.3) is 0 Å². The molecular formula is C11H16N2O. The van der Waals surface area contributed by atoms with Gasteiger partial charge in [0.05, 0.1) is 11.4 Å². The molecule has 1 aromatic rings. The fourth-order valence-electron chi connectivity index (χ4n) is 1.87. The number of nitrogens with one attached hydrogen (secondary N) is 1. The first-order valence-electron chi connectivity index (χ1n) is 4.95. The van der Waals surface area contributed by atoms with Gasteiger partial charge in [0.2, 0.25) is 0 Å². The van der Waals surface area contributed by atoms with Crippen molar-refractivity contribution in [3.63, 3.8) is 0 Å². The largest absolute Gasteiger partial charge is 0.384 e. The van der Waals surface area contributed by atoms with Gasteiger partial charge in [-0.3, -0.25) is 4.98 Å². The van der Waals surface area contributed by atoms with Gasteiger partial charge in [-0.2, -0.15) is 0 Å². The Hall–Kier alpha value is -1.09. The molecule has 0 saturated carbocycles. The number of anilines is 1. The van der Waals surface area contributed by atoms with E-state index in [4.69, 9.17) is 0 Å². The number of pyridine rings is 1. The number of aliphatic hydroxyl groups is 1. The zero-order chi connectivity index (χ0) is 10.3. The Morgan fingerprint density at radius 1 is 1.50 bits per heavy atom. The zero-order valence-corrected chi connectivity index (χ0v) is 8.89. The Bertz CT molecular complexity index is 372. The van der Waals surface area contributed by atoms with E-state index in [1.807, 2.05) is 20.0 Å². The summed E-state index contributed by atoms with van der Waals surface area (Å²) in [4.78, 5) is 4.32. The maximum absolute atomic E-state index is 10.1. The second-order valence-electron chi connectivity index (χ2n) is 4.24. The molecule has 2 N–H and O–H groups in total. The Balaban J connectivity index is 2.62. The van der Waals surface area contributed by atoms with Gasteiger partial charge in [-0.1, -0.05) is 0 Å². The highest BCUT2D eigenvalue weighted by Gasteiger charge is 2.32. The molecule has 2 heterocycles.